The van der Waals surface area contributed by atoms with E-state index in [0.717, 1.165) is 27.6 Å². The molecule has 1 aliphatic carbocycles. The van der Waals surface area contributed by atoms with Gasteiger partial charge in [0.15, 0.2) is 5.78 Å². The van der Waals surface area contributed by atoms with Crippen molar-refractivity contribution in [2.24, 2.45) is 0 Å². The Labute approximate surface area is 180 Å². The lowest BCUT2D eigenvalue weighted by molar-refractivity contribution is -0.138. The number of ketones is 1. The van der Waals surface area contributed by atoms with E-state index in [0.29, 0.717) is 24.0 Å². The van der Waals surface area contributed by atoms with Gasteiger partial charge in [-0.1, -0.05) is 12.1 Å². The number of hydrogen-bond acceptors (Lipinski definition) is 6. The molecule has 1 N–H and O–H groups in total. The smallest absolute Gasteiger partial charge is 0.336 e. The molecule has 1 aromatic heterocycles. The third kappa shape index (κ3) is 3.72. The van der Waals surface area contributed by atoms with Gasteiger partial charge in [0.25, 0.3) is 0 Å². The number of benzene rings is 1. The molecule has 4 rings (SSSR count). The van der Waals surface area contributed by atoms with Crippen LogP contribution in [-0.4, -0.2) is 24.6 Å². The highest BCUT2D eigenvalue weighted by Crippen LogP contribution is 2.45. The maximum absolute atomic E-state index is 13.4. The summed E-state index contributed by atoms with van der Waals surface area (Å²) < 4.78 is 10.9. The number of rotatable bonds is 5. The summed E-state index contributed by atoms with van der Waals surface area (Å²) in [5, 5.41) is 3.34. The summed E-state index contributed by atoms with van der Waals surface area (Å²) in [4.78, 5) is 27.4. The summed E-state index contributed by atoms with van der Waals surface area (Å²) in [7, 11) is 0. The predicted octanol–water partition coefficient (Wildman–Crippen LogP) is 4.93. The molecule has 2 aromatic rings. The maximum Gasteiger partial charge on any atom is 0.336 e. The molecule has 0 fully saturated rings. The number of carbonyl (C=O) groups excluding carboxylic acids is 2. The molecule has 0 unspecified atom stereocenters. The van der Waals surface area contributed by atoms with Gasteiger partial charge in [-0.05, 0) is 56.4 Å². The lowest BCUT2D eigenvalue weighted by Crippen LogP contribution is -2.36. The van der Waals surface area contributed by atoms with Crippen molar-refractivity contribution in [3.8, 4) is 0 Å². The fourth-order valence-corrected chi connectivity index (χ4v) is 4.78. The van der Waals surface area contributed by atoms with Gasteiger partial charge < -0.3 is 14.5 Å². The Morgan fingerprint density at radius 1 is 1.23 bits per heavy atom. The zero-order chi connectivity index (χ0) is 21.3. The number of furan rings is 1. The molecular formula is C24H25NO4S. The first-order chi connectivity index (χ1) is 14.5. The summed E-state index contributed by atoms with van der Waals surface area (Å²) in [6, 6.07) is 11.8. The molecule has 6 heteroatoms. The molecular weight excluding hydrogens is 398 g/mol. The minimum absolute atomic E-state index is 0.00443. The van der Waals surface area contributed by atoms with Crippen LogP contribution < -0.4 is 5.32 Å². The first kappa shape index (κ1) is 20.5. The first-order valence-corrected chi connectivity index (χ1v) is 11.3. The van der Waals surface area contributed by atoms with Crippen LogP contribution in [-0.2, 0) is 14.3 Å². The highest BCUT2D eigenvalue weighted by Gasteiger charge is 2.41. The van der Waals surface area contributed by atoms with Gasteiger partial charge in [-0.3, -0.25) is 4.79 Å². The Bertz CT molecular complexity index is 1020. The summed E-state index contributed by atoms with van der Waals surface area (Å²) in [6.45, 7) is 3.95. The molecule has 30 heavy (non-hydrogen) atoms. The molecule has 0 saturated heterocycles. The summed E-state index contributed by atoms with van der Waals surface area (Å²) in [6.07, 6.45) is 4.69. The SMILES string of the molecule is CCOC(=O)C1=C(C)NC2=C(C(=O)C[C@H](c3ccco3)C2)[C@H]1c1ccc(SC)cc1. The van der Waals surface area contributed by atoms with Crippen molar-refractivity contribution < 1.29 is 18.7 Å². The first-order valence-electron chi connectivity index (χ1n) is 10.1. The van der Waals surface area contributed by atoms with E-state index in [9.17, 15) is 9.59 Å². The molecule has 1 aliphatic heterocycles. The van der Waals surface area contributed by atoms with Gasteiger partial charge in [0.05, 0.1) is 18.4 Å². The number of ether oxygens (including phenoxy) is 1. The van der Waals surface area contributed by atoms with E-state index in [-0.39, 0.29) is 24.3 Å². The Morgan fingerprint density at radius 2 is 2.00 bits per heavy atom. The third-order valence-electron chi connectivity index (χ3n) is 5.72. The quantitative estimate of drug-likeness (QED) is 0.543. The molecule has 1 aromatic carbocycles. The molecule has 0 amide bonds. The Hall–Kier alpha value is -2.73. The zero-order valence-corrected chi connectivity index (χ0v) is 18.2. The van der Waals surface area contributed by atoms with Gasteiger partial charge in [-0.15, -0.1) is 11.8 Å². The Balaban J connectivity index is 1.80. The molecule has 156 valence electrons. The average molecular weight is 424 g/mol. The van der Waals surface area contributed by atoms with Crippen LogP contribution in [0.25, 0.3) is 0 Å². The van der Waals surface area contributed by atoms with Crippen LogP contribution >= 0.6 is 11.8 Å². The minimum Gasteiger partial charge on any atom is -0.469 e. The number of thioether (sulfide) groups is 1. The number of hydrogen-bond donors (Lipinski definition) is 1. The molecule has 0 spiro atoms. The predicted molar refractivity (Wildman–Crippen MR) is 116 cm³/mol. The number of carbonyl (C=O) groups is 2. The number of allylic oxidation sites excluding steroid dienone is 3. The second kappa shape index (κ2) is 8.56. The fourth-order valence-electron chi connectivity index (χ4n) is 4.37. The van der Waals surface area contributed by atoms with E-state index in [1.54, 1.807) is 24.9 Å². The zero-order valence-electron chi connectivity index (χ0n) is 17.4. The van der Waals surface area contributed by atoms with Crippen molar-refractivity contribution in [3.63, 3.8) is 0 Å². The van der Waals surface area contributed by atoms with E-state index in [4.69, 9.17) is 9.15 Å². The van der Waals surface area contributed by atoms with Gasteiger partial charge in [-0.25, -0.2) is 4.79 Å². The molecule has 0 saturated carbocycles. The van der Waals surface area contributed by atoms with Crippen molar-refractivity contribution >= 4 is 23.5 Å². The lowest BCUT2D eigenvalue weighted by Gasteiger charge is -2.36. The van der Waals surface area contributed by atoms with Gasteiger partial charge >= 0.3 is 5.97 Å². The second-order valence-corrected chi connectivity index (χ2v) is 8.41. The summed E-state index contributed by atoms with van der Waals surface area (Å²) >= 11 is 1.66. The van der Waals surface area contributed by atoms with Gasteiger partial charge in [0.2, 0.25) is 0 Å². The largest absolute Gasteiger partial charge is 0.469 e. The van der Waals surface area contributed by atoms with Crippen LogP contribution in [0.4, 0.5) is 0 Å². The number of nitrogens with one attached hydrogen (secondary N) is 1. The summed E-state index contributed by atoms with van der Waals surface area (Å²) in [5.41, 5.74) is 3.71. The minimum atomic E-state index is -0.429. The highest BCUT2D eigenvalue weighted by atomic mass is 32.2. The van der Waals surface area contributed by atoms with Crippen LogP contribution in [0.1, 0.15) is 49.8 Å². The van der Waals surface area contributed by atoms with E-state index in [2.05, 4.69) is 5.32 Å². The third-order valence-corrected chi connectivity index (χ3v) is 6.46. The van der Waals surface area contributed by atoms with Gasteiger partial charge in [0, 0.05) is 40.1 Å². The van der Waals surface area contributed by atoms with Crippen LogP contribution in [0.5, 0.6) is 0 Å². The van der Waals surface area contributed by atoms with E-state index < -0.39 is 5.92 Å². The van der Waals surface area contributed by atoms with E-state index in [1.165, 1.54) is 0 Å². The van der Waals surface area contributed by atoms with E-state index in [1.807, 2.05) is 49.6 Å². The normalized spacial score (nSPS) is 21.4. The van der Waals surface area contributed by atoms with Crippen molar-refractivity contribution in [1.82, 2.24) is 5.32 Å². The average Bonchev–Trinajstić information content (AvgIpc) is 3.28. The Kier molecular flexibility index (Phi) is 5.86. The molecule has 2 heterocycles. The molecule has 2 aliphatic rings. The van der Waals surface area contributed by atoms with Gasteiger partial charge in [-0.2, -0.15) is 0 Å². The Morgan fingerprint density at radius 3 is 2.63 bits per heavy atom. The van der Waals surface area contributed by atoms with Crippen LogP contribution in [0.2, 0.25) is 0 Å². The van der Waals surface area contributed by atoms with Crippen molar-refractivity contribution in [1.29, 1.82) is 0 Å². The van der Waals surface area contributed by atoms with Gasteiger partial charge in [0.1, 0.15) is 5.76 Å². The van der Waals surface area contributed by atoms with Crippen LogP contribution in [0.15, 0.2) is 74.5 Å². The monoisotopic (exact) mass is 423 g/mol. The van der Waals surface area contributed by atoms with Crippen LogP contribution in [0, 0.1) is 0 Å². The molecule has 0 bridgehead atoms. The van der Waals surface area contributed by atoms with E-state index >= 15 is 0 Å². The number of esters is 1. The topological polar surface area (TPSA) is 68.5 Å². The maximum atomic E-state index is 13.4. The second-order valence-electron chi connectivity index (χ2n) is 7.53. The fraction of sp³-hybridized carbons (Fsp3) is 0.333. The number of Topliss-reactive ketones (excluding diaryl/α,β-unsaturated/α-hetero) is 1. The lowest BCUT2D eigenvalue weighted by atomic mass is 9.72. The number of dihydropyridines is 1. The van der Waals surface area contributed by atoms with Crippen molar-refractivity contribution in [2.75, 3.05) is 12.9 Å². The van der Waals surface area contributed by atoms with Crippen LogP contribution in [0.3, 0.4) is 0 Å². The standard InChI is InChI=1S/C24H25NO4S/c1-4-28-24(27)21-14(2)25-18-12-16(20-6-5-11-29-20)13-19(26)23(18)22(21)15-7-9-17(30-3)10-8-15/h5-11,16,22,25H,4,12-13H2,1-3H3/t16-,22+/m1/s1. The molecule has 2 atom stereocenters. The summed E-state index contributed by atoms with van der Waals surface area (Å²) in [5.74, 6) is 0.0409. The van der Waals surface area contributed by atoms with Crippen molar-refractivity contribution in [3.05, 3.63) is 76.5 Å². The molecule has 5 nitrogen and oxygen atoms in total. The highest BCUT2D eigenvalue weighted by molar-refractivity contribution is 7.98. The van der Waals surface area contributed by atoms with Crippen molar-refractivity contribution in [2.45, 2.75) is 43.4 Å². The molecule has 0 radical (unpaired) electrons.